The molecule has 4 nitrogen and oxygen atoms in total. The minimum atomic E-state index is -0.108. The van der Waals surface area contributed by atoms with Crippen LogP contribution in [0.3, 0.4) is 0 Å². The van der Waals surface area contributed by atoms with E-state index in [1.807, 2.05) is 18.4 Å². The van der Waals surface area contributed by atoms with E-state index < -0.39 is 0 Å². The number of carbonyl (C=O) groups is 1. The smallest absolute Gasteiger partial charge is 0.255 e. The summed E-state index contributed by atoms with van der Waals surface area (Å²) in [5.41, 5.74) is 3.84. The van der Waals surface area contributed by atoms with Gasteiger partial charge in [0.15, 0.2) is 0 Å². The second-order valence-electron chi connectivity index (χ2n) is 7.16. The first-order valence-corrected chi connectivity index (χ1v) is 9.70. The van der Waals surface area contributed by atoms with Gasteiger partial charge in [0.1, 0.15) is 5.75 Å². The van der Waals surface area contributed by atoms with Gasteiger partial charge in [-0.2, -0.15) is 0 Å². The summed E-state index contributed by atoms with van der Waals surface area (Å²) < 4.78 is 5.15. The lowest BCUT2D eigenvalue weighted by Crippen LogP contribution is -2.24. The van der Waals surface area contributed by atoms with Gasteiger partial charge in [-0.1, -0.05) is 30.4 Å². The number of methoxy groups -OCH3 is 1. The van der Waals surface area contributed by atoms with Gasteiger partial charge in [-0.05, 0) is 73.1 Å². The van der Waals surface area contributed by atoms with E-state index in [-0.39, 0.29) is 5.91 Å². The average Bonchev–Trinajstić information content (AvgIpc) is 2.96. The largest absolute Gasteiger partial charge is 0.497 e. The number of carbonyl (C=O) groups excluding carboxylic acids is 1. The number of hydrogen-bond acceptors (Lipinski definition) is 3. The number of ether oxygens (including phenoxy) is 1. The molecular weight excluding hydrogens is 348 g/mol. The van der Waals surface area contributed by atoms with Gasteiger partial charge in [0.2, 0.25) is 0 Å². The Labute approximate surface area is 165 Å². The third-order valence-corrected chi connectivity index (χ3v) is 5.40. The van der Waals surface area contributed by atoms with Crippen LogP contribution in [-0.2, 0) is 0 Å². The van der Waals surface area contributed by atoms with Crippen LogP contribution in [-0.4, -0.2) is 19.2 Å². The molecule has 1 amide bonds. The van der Waals surface area contributed by atoms with Crippen LogP contribution in [0.1, 0.15) is 41.1 Å². The number of rotatable bonds is 4. The monoisotopic (exact) mass is 372 g/mol. The topological polar surface area (TPSA) is 50.7 Å². The van der Waals surface area contributed by atoms with Crippen molar-refractivity contribution in [3.63, 3.8) is 0 Å². The zero-order valence-corrected chi connectivity index (χ0v) is 16.0. The normalized spacial score (nSPS) is 20.7. The number of amides is 1. The van der Waals surface area contributed by atoms with Crippen molar-refractivity contribution in [2.45, 2.75) is 25.2 Å². The fourth-order valence-corrected chi connectivity index (χ4v) is 3.95. The van der Waals surface area contributed by atoms with Crippen LogP contribution in [0.15, 0.2) is 77.4 Å². The van der Waals surface area contributed by atoms with Crippen molar-refractivity contribution < 1.29 is 9.53 Å². The van der Waals surface area contributed by atoms with E-state index in [1.54, 1.807) is 31.4 Å². The molecule has 2 unspecified atom stereocenters. The Bertz CT molecular complexity index is 941. The molecule has 4 heteroatoms. The first kappa shape index (κ1) is 18.2. The number of fused-ring (bicyclic) bond motifs is 1. The van der Waals surface area contributed by atoms with Gasteiger partial charge in [0.25, 0.3) is 5.91 Å². The lowest BCUT2D eigenvalue weighted by molar-refractivity contribution is 0.0966. The summed E-state index contributed by atoms with van der Waals surface area (Å²) in [6, 6.07) is 15.5. The van der Waals surface area contributed by atoms with Gasteiger partial charge in [-0.15, -0.1) is 0 Å². The number of aliphatic imine (C=N–C) groups is 1. The van der Waals surface area contributed by atoms with E-state index in [1.165, 1.54) is 5.56 Å². The van der Waals surface area contributed by atoms with Crippen molar-refractivity contribution in [1.29, 1.82) is 0 Å². The van der Waals surface area contributed by atoms with E-state index in [4.69, 9.17) is 4.74 Å². The second kappa shape index (κ2) is 8.26. The van der Waals surface area contributed by atoms with Gasteiger partial charge in [-0.3, -0.25) is 9.79 Å². The average molecular weight is 372 g/mol. The van der Waals surface area contributed by atoms with Gasteiger partial charge in [0, 0.05) is 17.5 Å². The minimum absolute atomic E-state index is 0.108. The van der Waals surface area contributed by atoms with Crippen LogP contribution < -0.4 is 10.1 Å². The number of hydrogen-bond donors (Lipinski definition) is 1. The Morgan fingerprint density at radius 2 is 1.96 bits per heavy atom. The van der Waals surface area contributed by atoms with Gasteiger partial charge >= 0.3 is 0 Å². The second-order valence-corrected chi connectivity index (χ2v) is 7.16. The molecule has 1 aliphatic carbocycles. The molecule has 0 spiro atoms. The first-order chi connectivity index (χ1) is 13.7. The third kappa shape index (κ3) is 3.91. The molecule has 1 aliphatic heterocycles. The van der Waals surface area contributed by atoms with Crippen LogP contribution in [0.2, 0.25) is 0 Å². The van der Waals surface area contributed by atoms with Crippen molar-refractivity contribution in [2.24, 2.45) is 10.9 Å². The molecule has 2 aromatic carbocycles. The predicted octanol–water partition coefficient (Wildman–Crippen LogP) is 5.16. The highest BCUT2D eigenvalue weighted by Crippen LogP contribution is 2.40. The van der Waals surface area contributed by atoms with E-state index in [0.717, 1.165) is 36.4 Å². The van der Waals surface area contributed by atoms with Crippen LogP contribution >= 0.6 is 0 Å². The molecule has 0 fully saturated rings. The van der Waals surface area contributed by atoms with Crippen molar-refractivity contribution >= 4 is 17.8 Å². The van der Waals surface area contributed by atoms with E-state index in [9.17, 15) is 4.79 Å². The summed E-state index contributed by atoms with van der Waals surface area (Å²) in [5, 5.41) is 3.04. The molecule has 1 N–H and O–H groups in total. The standard InChI is InChI=1S/C24H24N2O2/c1-28-20-13-11-17(12-14-20)24(27)26-19-7-4-6-18(16-19)21-9-5-15-25-23-10-3-2-8-22(21)23/h2-4,7-8,10-16,18,21H,5-6,9H2,1H3,(H,26,27). The summed E-state index contributed by atoms with van der Waals surface area (Å²) in [5.74, 6) is 1.38. The van der Waals surface area contributed by atoms with Crippen LogP contribution in [0.5, 0.6) is 5.75 Å². The lowest BCUT2D eigenvalue weighted by Gasteiger charge is -2.27. The highest BCUT2D eigenvalue weighted by atomic mass is 16.5. The van der Waals surface area contributed by atoms with Crippen LogP contribution in [0.4, 0.5) is 5.69 Å². The van der Waals surface area contributed by atoms with Crippen LogP contribution in [0, 0.1) is 5.92 Å². The number of allylic oxidation sites excluding steroid dienone is 3. The number of nitrogens with zero attached hydrogens (tertiary/aromatic N) is 1. The highest BCUT2D eigenvalue weighted by molar-refractivity contribution is 5.95. The molecule has 4 rings (SSSR count). The Balaban J connectivity index is 1.52. The molecule has 142 valence electrons. The predicted molar refractivity (Wildman–Crippen MR) is 112 cm³/mol. The Kier molecular flexibility index (Phi) is 5.38. The van der Waals surface area contributed by atoms with Crippen molar-refractivity contribution in [1.82, 2.24) is 5.32 Å². The molecule has 1 heterocycles. The van der Waals surface area contributed by atoms with Crippen molar-refractivity contribution in [3.05, 3.63) is 83.6 Å². The molecule has 0 saturated carbocycles. The quantitative estimate of drug-likeness (QED) is 0.805. The molecular formula is C24H24N2O2. The first-order valence-electron chi connectivity index (χ1n) is 9.70. The van der Waals surface area contributed by atoms with Crippen molar-refractivity contribution in [2.75, 3.05) is 7.11 Å². The van der Waals surface area contributed by atoms with Gasteiger partial charge < -0.3 is 10.1 Å². The maximum atomic E-state index is 12.6. The molecule has 2 aromatic rings. The summed E-state index contributed by atoms with van der Waals surface area (Å²) in [7, 11) is 1.61. The SMILES string of the molecule is COc1ccc(C(=O)NC2=CC(C3CCC=Nc4ccccc43)CC=C2)cc1. The molecule has 2 aliphatic rings. The molecule has 0 bridgehead atoms. The summed E-state index contributed by atoms with van der Waals surface area (Å²) in [6.07, 6.45) is 11.4. The van der Waals surface area contributed by atoms with E-state index in [0.29, 0.717) is 17.4 Å². The highest BCUT2D eigenvalue weighted by Gasteiger charge is 2.25. The van der Waals surface area contributed by atoms with Gasteiger partial charge in [-0.25, -0.2) is 0 Å². The number of benzene rings is 2. The molecule has 0 radical (unpaired) electrons. The van der Waals surface area contributed by atoms with Crippen LogP contribution in [0.25, 0.3) is 0 Å². The maximum absolute atomic E-state index is 12.6. The zero-order valence-electron chi connectivity index (χ0n) is 16.0. The molecule has 0 aromatic heterocycles. The number of nitrogens with one attached hydrogen (secondary N) is 1. The maximum Gasteiger partial charge on any atom is 0.255 e. The molecule has 2 atom stereocenters. The third-order valence-electron chi connectivity index (χ3n) is 5.40. The summed E-state index contributed by atoms with van der Waals surface area (Å²) in [4.78, 5) is 17.2. The van der Waals surface area contributed by atoms with Gasteiger partial charge in [0.05, 0.1) is 12.8 Å². The van der Waals surface area contributed by atoms with Crippen molar-refractivity contribution in [3.8, 4) is 5.75 Å². The zero-order chi connectivity index (χ0) is 19.3. The summed E-state index contributed by atoms with van der Waals surface area (Å²) in [6.45, 7) is 0. The summed E-state index contributed by atoms with van der Waals surface area (Å²) >= 11 is 0. The minimum Gasteiger partial charge on any atom is -0.497 e. The number of para-hydroxylation sites is 1. The fourth-order valence-electron chi connectivity index (χ4n) is 3.95. The Hall–Kier alpha value is -3.14. The lowest BCUT2D eigenvalue weighted by atomic mass is 9.79. The molecule has 0 saturated heterocycles. The Morgan fingerprint density at radius 1 is 1.14 bits per heavy atom. The molecule has 28 heavy (non-hydrogen) atoms. The fraction of sp³-hybridized carbons (Fsp3) is 0.250. The Morgan fingerprint density at radius 3 is 2.79 bits per heavy atom. The van der Waals surface area contributed by atoms with E-state index >= 15 is 0 Å². The van der Waals surface area contributed by atoms with E-state index in [2.05, 4.69) is 40.7 Å².